The van der Waals surface area contributed by atoms with Crippen molar-refractivity contribution in [3.8, 4) is 0 Å². The summed E-state index contributed by atoms with van der Waals surface area (Å²) < 4.78 is 16.0. The van der Waals surface area contributed by atoms with E-state index in [9.17, 15) is 24.3 Å². The second kappa shape index (κ2) is 9.19. The molecule has 0 heterocycles. The van der Waals surface area contributed by atoms with Crippen molar-refractivity contribution in [2.24, 2.45) is 28.6 Å². The Morgan fingerprint density at radius 1 is 1.14 bits per heavy atom. The second-order valence-corrected chi connectivity index (χ2v) is 10.8. The second-order valence-electron chi connectivity index (χ2n) is 10.8. The largest absolute Gasteiger partial charge is 0.509 e. The van der Waals surface area contributed by atoms with E-state index >= 15 is 0 Å². The maximum absolute atomic E-state index is 13.6. The van der Waals surface area contributed by atoms with E-state index in [0.29, 0.717) is 6.42 Å². The first kappa shape index (κ1) is 25.6. The fraction of sp³-hybridized carbons (Fsp3) is 0.704. The highest BCUT2D eigenvalue weighted by atomic mass is 16.7. The molecule has 4 rings (SSSR count). The number of rotatable bonds is 6. The number of fused-ring (bicyclic) bond motifs is 5. The van der Waals surface area contributed by atoms with Crippen molar-refractivity contribution in [1.82, 2.24) is 0 Å². The molecule has 0 bridgehead atoms. The maximum atomic E-state index is 13.6. The van der Waals surface area contributed by atoms with Gasteiger partial charge in [-0.2, -0.15) is 0 Å². The predicted octanol–water partition coefficient (Wildman–Crippen LogP) is 3.70. The van der Waals surface area contributed by atoms with E-state index in [4.69, 9.17) is 14.2 Å². The fourth-order valence-electron chi connectivity index (χ4n) is 7.65. The minimum Gasteiger partial charge on any atom is -0.457 e. The van der Waals surface area contributed by atoms with Gasteiger partial charge < -0.3 is 19.3 Å². The predicted molar refractivity (Wildman–Crippen MR) is 125 cm³/mol. The van der Waals surface area contributed by atoms with Crippen molar-refractivity contribution in [1.29, 1.82) is 0 Å². The highest BCUT2D eigenvalue weighted by Crippen LogP contribution is 2.67. The quantitative estimate of drug-likeness (QED) is 0.563. The van der Waals surface area contributed by atoms with E-state index in [0.717, 1.165) is 18.4 Å². The lowest BCUT2D eigenvalue weighted by Crippen LogP contribution is -2.63. The molecule has 8 heteroatoms. The third kappa shape index (κ3) is 3.94. The first-order chi connectivity index (χ1) is 16.5. The van der Waals surface area contributed by atoms with Crippen molar-refractivity contribution in [2.45, 2.75) is 77.9 Å². The standard InChI is InChI=1S/C27H36O8/c1-5-22(31)34-15-21(30)27(35-24(32)33-6-2)12-10-19-18-8-7-16-13-17(28)9-11-25(16,3)23(18)20(29)14-26(19,27)4/h9,11,13,18-20,23,29H,5-8,10,12,14-15H2,1-4H3/t18-,19+,20-,23+,25-,26-,27-/m0/s1. The number of esters is 1. The van der Waals surface area contributed by atoms with Crippen molar-refractivity contribution in [2.75, 3.05) is 13.2 Å². The molecule has 0 saturated heterocycles. The van der Waals surface area contributed by atoms with Crippen molar-refractivity contribution in [3.63, 3.8) is 0 Å². The van der Waals surface area contributed by atoms with Gasteiger partial charge in [0.05, 0.1) is 12.7 Å². The molecule has 7 atom stereocenters. The SMILES string of the molecule is CCOC(=O)O[C@]1(C(=O)COC(=O)CC)CC[C@@H]2[C@@H]3CCC4=CC(=O)C=C[C@]4(C)[C@H]3[C@@H](O)C[C@@]21C. The normalized spacial score (nSPS) is 39.6. The van der Waals surface area contributed by atoms with Crippen LogP contribution in [0.1, 0.15) is 66.2 Å². The lowest BCUT2D eigenvalue weighted by Gasteiger charge is -2.59. The van der Waals surface area contributed by atoms with Gasteiger partial charge in [-0.25, -0.2) is 4.79 Å². The van der Waals surface area contributed by atoms with Gasteiger partial charge in [0.25, 0.3) is 0 Å². The summed E-state index contributed by atoms with van der Waals surface area (Å²) in [6, 6.07) is 0. The van der Waals surface area contributed by atoms with Crippen molar-refractivity contribution >= 4 is 23.7 Å². The number of ketones is 2. The number of Topliss-reactive ketones (excluding diaryl/α,β-unsaturated/α-hetero) is 1. The van der Waals surface area contributed by atoms with Crippen LogP contribution in [0.15, 0.2) is 23.8 Å². The molecule has 4 aliphatic rings. The van der Waals surface area contributed by atoms with Gasteiger partial charge in [-0.05, 0) is 63.0 Å². The van der Waals surface area contributed by atoms with E-state index in [-0.39, 0.29) is 49.4 Å². The number of allylic oxidation sites excluding steroid dienone is 4. The molecule has 0 aromatic heterocycles. The molecule has 192 valence electrons. The molecule has 3 fully saturated rings. The van der Waals surface area contributed by atoms with Crippen LogP contribution in [0.2, 0.25) is 0 Å². The van der Waals surface area contributed by atoms with Gasteiger partial charge in [-0.3, -0.25) is 14.4 Å². The average molecular weight is 489 g/mol. The van der Waals surface area contributed by atoms with Gasteiger partial charge in [0.2, 0.25) is 5.78 Å². The molecular weight excluding hydrogens is 452 g/mol. The number of aliphatic hydroxyl groups excluding tert-OH is 1. The fourth-order valence-corrected chi connectivity index (χ4v) is 7.65. The number of ether oxygens (including phenoxy) is 3. The van der Waals surface area contributed by atoms with Crippen molar-refractivity contribution < 1.29 is 38.5 Å². The van der Waals surface area contributed by atoms with Crippen LogP contribution >= 0.6 is 0 Å². The van der Waals surface area contributed by atoms with Crippen LogP contribution in [0.25, 0.3) is 0 Å². The summed E-state index contributed by atoms with van der Waals surface area (Å²) in [7, 11) is 0. The number of aliphatic hydroxyl groups is 1. The highest BCUT2D eigenvalue weighted by Gasteiger charge is 2.70. The molecule has 0 unspecified atom stereocenters. The Morgan fingerprint density at radius 2 is 1.89 bits per heavy atom. The number of carbonyl (C=O) groups excluding carboxylic acids is 4. The minimum absolute atomic E-state index is 0.000515. The summed E-state index contributed by atoms with van der Waals surface area (Å²) in [6.45, 7) is 6.90. The molecule has 0 amide bonds. The Balaban J connectivity index is 1.70. The Kier molecular flexibility index (Phi) is 6.72. The maximum Gasteiger partial charge on any atom is 0.509 e. The molecule has 35 heavy (non-hydrogen) atoms. The molecule has 3 saturated carbocycles. The van der Waals surface area contributed by atoms with Gasteiger partial charge in [0.15, 0.2) is 18.0 Å². The number of carbonyl (C=O) groups is 4. The molecule has 1 N–H and O–H groups in total. The van der Waals surface area contributed by atoms with E-state index in [1.807, 2.05) is 13.0 Å². The Morgan fingerprint density at radius 3 is 2.57 bits per heavy atom. The topological polar surface area (TPSA) is 116 Å². The van der Waals surface area contributed by atoms with Crippen LogP contribution in [-0.4, -0.2) is 53.7 Å². The van der Waals surface area contributed by atoms with E-state index < -0.39 is 47.0 Å². The molecule has 4 aliphatic carbocycles. The summed E-state index contributed by atoms with van der Waals surface area (Å²) in [5.41, 5.74) is -1.81. The van der Waals surface area contributed by atoms with Gasteiger partial charge in [0, 0.05) is 23.2 Å². The molecule has 0 aromatic rings. The Hall–Kier alpha value is -2.48. The zero-order valence-electron chi connectivity index (χ0n) is 21.0. The van der Waals surface area contributed by atoms with Crippen molar-refractivity contribution in [3.05, 3.63) is 23.8 Å². The molecule has 8 nitrogen and oxygen atoms in total. The van der Waals surface area contributed by atoms with E-state index in [2.05, 4.69) is 6.92 Å². The molecular formula is C27H36O8. The first-order valence-corrected chi connectivity index (χ1v) is 12.7. The summed E-state index contributed by atoms with van der Waals surface area (Å²) in [6.07, 6.45) is 6.31. The summed E-state index contributed by atoms with van der Waals surface area (Å²) in [5, 5.41) is 11.6. The third-order valence-corrected chi connectivity index (χ3v) is 9.24. The van der Waals surface area contributed by atoms with Gasteiger partial charge in [0.1, 0.15) is 0 Å². The smallest absolute Gasteiger partial charge is 0.457 e. The third-order valence-electron chi connectivity index (χ3n) is 9.24. The summed E-state index contributed by atoms with van der Waals surface area (Å²) in [5.74, 6) is -1.06. The average Bonchev–Trinajstić information content (AvgIpc) is 3.09. The van der Waals surface area contributed by atoms with Crippen LogP contribution in [0.4, 0.5) is 4.79 Å². The lowest BCUT2D eigenvalue weighted by molar-refractivity contribution is -0.185. The zero-order valence-corrected chi connectivity index (χ0v) is 21.0. The number of hydrogen-bond acceptors (Lipinski definition) is 8. The van der Waals surface area contributed by atoms with Gasteiger partial charge in [-0.15, -0.1) is 0 Å². The minimum atomic E-state index is -1.56. The van der Waals surface area contributed by atoms with Crippen LogP contribution in [0.5, 0.6) is 0 Å². The van der Waals surface area contributed by atoms with E-state index in [1.165, 1.54) is 0 Å². The first-order valence-electron chi connectivity index (χ1n) is 12.7. The summed E-state index contributed by atoms with van der Waals surface area (Å²) in [4.78, 5) is 50.0. The van der Waals surface area contributed by atoms with E-state index in [1.54, 1.807) is 26.0 Å². The number of hydrogen-bond donors (Lipinski definition) is 1. The van der Waals surface area contributed by atoms with Crippen LogP contribution < -0.4 is 0 Å². The zero-order chi connectivity index (χ0) is 25.6. The summed E-state index contributed by atoms with van der Waals surface area (Å²) >= 11 is 0. The molecule has 0 radical (unpaired) electrons. The monoisotopic (exact) mass is 488 g/mol. The van der Waals surface area contributed by atoms with Crippen LogP contribution in [-0.2, 0) is 28.6 Å². The van der Waals surface area contributed by atoms with Gasteiger partial charge in [-0.1, -0.05) is 32.4 Å². The van der Waals surface area contributed by atoms with Gasteiger partial charge >= 0.3 is 12.1 Å². The Labute approximate surface area is 206 Å². The van der Waals surface area contributed by atoms with Crippen LogP contribution in [0.3, 0.4) is 0 Å². The molecule has 0 aliphatic heterocycles. The Bertz CT molecular complexity index is 982. The molecule has 0 spiro atoms. The highest BCUT2D eigenvalue weighted by molar-refractivity contribution is 6.01. The lowest BCUT2D eigenvalue weighted by atomic mass is 9.46. The molecule has 0 aromatic carbocycles. The van der Waals surface area contributed by atoms with Crippen LogP contribution in [0, 0.1) is 28.6 Å².